The number of benzene rings is 1. The van der Waals surface area contributed by atoms with Gasteiger partial charge in [0.2, 0.25) is 0 Å². The highest BCUT2D eigenvalue weighted by atomic mass is 35.5. The molecule has 0 saturated heterocycles. The van der Waals surface area contributed by atoms with Gasteiger partial charge in [-0.3, -0.25) is 9.59 Å². The van der Waals surface area contributed by atoms with Gasteiger partial charge in [-0.15, -0.1) is 0 Å². The first-order valence-electron chi connectivity index (χ1n) is 5.55. The van der Waals surface area contributed by atoms with Crippen molar-refractivity contribution in [3.8, 4) is 0 Å². The highest BCUT2D eigenvalue weighted by Gasteiger charge is 2.13. The molecule has 0 unspecified atom stereocenters. The van der Waals surface area contributed by atoms with Crippen LogP contribution in [0, 0.1) is 0 Å². The van der Waals surface area contributed by atoms with Gasteiger partial charge in [-0.1, -0.05) is 17.7 Å². The number of rotatable bonds is 4. The van der Waals surface area contributed by atoms with E-state index in [2.05, 4.69) is 0 Å². The fourth-order valence-corrected chi connectivity index (χ4v) is 2.18. The minimum atomic E-state index is -0.341. The third-order valence-electron chi connectivity index (χ3n) is 2.62. The highest BCUT2D eigenvalue weighted by Crippen LogP contribution is 2.27. The van der Waals surface area contributed by atoms with E-state index in [1.165, 1.54) is 0 Å². The molecule has 1 aromatic heterocycles. The van der Waals surface area contributed by atoms with E-state index in [4.69, 9.17) is 16.3 Å². The molecule has 2 aromatic rings. The van der Waals surface area contributed by atoms with Crippen LogP contribution in [-0.2, 0) is 16.1 Å². The van der Waals surface area contributed by atoms with Gasteiger partial charge in [0, 0.05) is 17.1 Å². The summed E-state index contributed by atoms with van der Waals surface area (Å²) in [5.41, 5.74) is 1.22. The van der Waals surface area contributed by atoms with Crippen molar-refractivity contribution in [1.82, 2.24) is 4.57 Å². The van der Waals surface area contributed by atoms with Crippen LogP contribution in [0.2, 0.25) is 5.02 Å². The number of carbonyl (C=O) groups is 2. The van der Waals surface area contributed by atoms with Crippen LogP contribution in [0.4, 0.5) is 0 Å². The van der Waals surface area contributed by atoms with E-state index in [1.807, 2.05) is 6.07 Å². The number of carbonyl (C=O) groups excluding carboxylic acids is 2. The fourth-order valence-electron chi connectivity index (χ4n) is 1.91. The number of hydrogen-bond acceptors (Lipinski definition) is 3. The summed E-state index contributed by atoms with van der Waals surface area (Å²) in [7, 11) is 0. The summed E-state index contributed by atoms with van der Waals surface area (Å²) in [5, 5.41) is 1.16. The van der Waals surface area contributed by atoms with Crippen molar-refractivity contribution in [3.63, 3.8) is 0 Å². The summed E-state index contributed by atoms with van der Waals surface area (Å²) in [5.74, 6) is -0.341. The van der Waals surface area contributed by atoms with Gasteiger partial charge >= 0.3 is 5.97 Å². The molecule has 94 valence electrons. The molecule has 0 aliphatic rings. The molecule has 0 saturated carbocycles. The average Bonchev–Trinajstić information content (AvgIpc) is 2.69. The zero-order valence-electron chi connectivity index (χ0n) is 9.85. The predicted molar refractivity (Wildman–Crippen MR) is 69.0 cm³/mol. The van der Waals surface area contributed by atoms with Crippen molar-refractivity contribution in [3.05, 3.63) is 35.0 Å². The maximum absolute atomic E-state index is 11.5. The van der Waals surface area contributed by atoms with E-state index >= 15 is 0 Å². The number of ether oxygens (including phenoxy) is 1. The molecule has 5 heteroatoms. The molecular weight excluding hydrogens is 254 g/mol. The summed E-state index contributed by atoms with van der Waals surface area (Å²) in [6, 6.07) is 5.31. The SMILES string of the molecule is CCOC(=O)Cn1cc(C=O)c2c(Cl)cccc21. The van der Waals surface area contributed by atoms with Gasteiger partial charge in [0.05, 0.1) is 17.1 Å². The number of esters is 1. The minimum Gasteiger partial charge on any atom is -0.465 e. The largest absolute Gasteiger partial charge is 0.465 e. The number of aldehydes is 1. The van der Waals surface area contributed by atoms with Crippen LogP contribution in [0.25, 0.3) is 10.9 Å². The highest BCUT2D eigenvalue weighted by molar-refractivity contribution is 6.36. The first-order chi connectivity index (χ1) is 8.67. The predicted octanol–water partition coefficient (Wildman–Crippen LogP) is 2.67. The second-order valence-corrected chi connectivity index (χ2v) is 4.18. The lowest BCUT2D eigenvalue weighted by Gasteiger charge is -2.04. The van der Waals surface area contributed by atoms with Crippen molar-refractivity contribution < 1.29 is 14.3 Å². The summed E-state index contributed by atoms with van der Waals surface area (Å²) >= 11 is 6.06. The lowest BCUT2D eigenvalue weighted by Crippen LogP contribution is -2.12. The van der Waals surface area contributed by atoms with Gasteiger partial charge in [0.25, 0.3) is 0 Å². The van der Waals surface area contributed by atoms with Crippen molar-refractivity contribution in [2.75, 3.05) is 6.61 Å². The van der Waals surface area contributed by atoms with Crippen molar-refractivity contribution in [2.24, 2.45) is 0 Å². The average molecular weight is 266 g/mol. The van der Waals surface area contributed by atoms with Crippen LogP contribution in [0.5, 0.6) is 0 Å². The Morgan fingerprint density at radius 2 is 2.28 bits per heavy atom. The molecule has 2 rings (SSSR count). The van der Waals surface area contributed by atoms with E-state index in [0.29, 0.717) is 22.6 Å². The second kappa shape index (κ2) is 5.23. The number of fused-ring (bicyclic) bond motifs is 1. The molecule has 4 nitrogen and oxygen atoms in total. The van der Waals surface area contributed by atoms with Gasteiger partial charge in [-0.25, -0.2) is 0 Å². The Balaban J connectivity index is 2.49. The normalized spacial score (nSPS) is 10.6. The van der Waals surface area contributed by atoms with E-state index in [9.17, 15) is 9.59 Å². The maximum atomic E-state index is 11.5. The standard InChI is InChI=1S/C13H12ClNO3/c1-2-18-12(17)7-15-6-9(8-16)13-10(14)4-3-5-11(13)15/h3-6,8H,2,7H2,1H3. The van der Waals surface area contributed by atoms with Crippen LogP contribution in [-0.4, -0.2) is 23.4 Å². The first kappa shape index (κ1) is 12.6. The molecule has 0 spiro atoms. The molecule has 1 aromatic carbocycles. The Morgan fingerprint density at radius 1 is 1.50 bits per heavy atom. The van der Waals surface area contributed by atoms with E-state index < -0.39 is 0 Å². The topological polar surface area (TPSA) is 48.3 Å². The zero-order chi connectivity index (χ0) is 13.1. The molecule has 0 amide bonds. The van der Waals surface area contributed by atoms with Crippen LogP contribution in [0.15, 0.2) is 24.4 Å². The summed E-state index contributed by atoms with van der Waals surface area (Å²) in [4.78, 5) is 22.5. The Hall–Kier alpha value is -1.81. The van der Waals surface area contributed by atoms with Gasteiger partial charge in [-0.05, 0) is 19.1 Å². The van der Waals surface area contributed by atoms with Gasteiger partial charge in [0.15, 0.2) is 6.29 Å². The molecule has 0 fully saturated rings. The molecule has 0 N–H and O–H groups in total. The third kappa shape index (κ3) is 2.24. The zero-order valence-corrected chi connectivity index (χ0v) is 10.6. The molecule has 0 radical (unpaired) electrons. The Labute approximate surface area is 109 Å². The Morgan fingerprint density at radius 3 is 2.94 bits per heavy atom. The number of nitrogens with zero attached hydrogens (tertiary/aromatic N) is 1. The van der Waals surface area contributed by atoms with Crippen LogP contribution in [0.3, 0.4) is 0 Å². The summed E-state index contributed by atoms with van der Waals surface area (Å²) < 4.78 is 6.56. The lowest BCUT2D eigenvalue weighted by molar-refractivity contribution is -0.143. The van der Waals surface area contributed by atoms with Crippen LogP contribution >= 0.6 is 11.6 Å². The van der Waals surface area contributed by atoms with Crippen molar-refractivity contribution >= 4 is 34.8 Å². The van der Waals surface area contributed by atoms with Crippen LogP contribution < -0.4 is 0 Å². The molecule has 0 bridgehead atoms. The number of hydrogen-bond donors (Lipinski definition) is 0. The van der Waals surface area contributed by atoms with E-state index in [0.717, 1.165) is 11.8 Å². The molecule has 0 atom stereocenters. The summed E-state index contributed by atoms with van der Waals surface area (Å²) in [6.45, 7) is 2.15. The quantitative estimate of drug-likeness (QED) is 0.631. The van der Waals surface area contributed by atoms with Crippen molar-refractivity contribution in [1.29, 1.82) is 0 Å². The maximum Gasteiger partial charge on any atom is 0.325 e. The first-order valence-corrected chi connectivity index (χ1v) is 5.93. The lowest BCUT2D eigenvalue weighted by atomic mass is 10.2. The van der Waals surface area contributed by atoms with Gasteiger partial charge < -0.3 is 9.30 Å². The second-order valence-electron chi connectivity index (χ2n) is 3.77. The fraction of sp³-hybridized carbons (Fsp3) is 0.231. The number of halogens is 1. The molecule has 0 aliphatic carbocycles. The minimum absolute atomic E-state index is 0.0680. The smallest absolute Gasteiger partial charge is 0.325 e. The summed E-state index contributed by atoms with van der Waals surface area (Å²) in [6.07, 6.45) is 2.34. The van der Waals surface area contributed by atoms with E-state index in [1.54, 1.807) is 29.8 Å². The van der Waals surface area contributed by atoms with Crippen molar-refractivity contribution in [2.45, 2.75) is 13.5 Å². The number of aromatic nitrogens is 1. The monoisotopic (exact) mass is 265 g/mol. The molecule has 0 aliphatic heterocycles. The molecule has 1 heterocycles. The van der Waals surface area contributed by atoms with Gasteiger partial charge in [0.1, 0.15) is 6.54 Å². The Kier molecular flexibility index (Phi) is 3.67. The molecule has 18 heavy (non-hydrogen) atoms. The van der Waals surface area contributed by atoms with E-state index in [-0.39, 0.29) is 12.5 Å². The molecular formula is C13H12ClNO3. The van der Waals surface area contributed by atoms with Gasteiger partial charge in [-0.2, -0.15) is 0 Å². The third-order valence-corrected chi connectivity index (χ3v) is 2.93. The van der Waals surface area contributed by atoms with Crippen LogP contribution in [0.1, 0.15) is 17.3 Å². The Bertz CT molecular complexity index is 604.